The summed E-state index contributed by atoms with van der Waals surface area (Å²) in [4.78, 5) is 34.5. The topological polar surface area (TPSA) is 77.5 Å². The van der Waals surface area contributed by atoms with Crippen LogP contribution in [0.2, 0.25) is 0 Å². The zero-order chi connectivity index (χ0) is 39.7. The molecule has 8 heteroatoms. The van der Waals surface area contributed by atoms with Gasteiger partial charge in [0, 0.05) is 77.0 Å². The van der Waals surface area contributed by atoms with Gasteiger partial charge in [-0.25, -0.2) is 0 Å². The molecule has 0 aliphatic heterocycles. The third-order valence-corrected chi connectivity index (χ3v) is 11.3. The number of methoxy groups -OCH3 is 4. The Balaban J connectivity index is 1.31. The zero-order valence-corrected chi connectivity index (χ0v) is 32.2. The van der Waals surface area contributed by atoms with E-state index in [1.165, 1.54) is 0 Å². The lowest BCUT2D eigenvalue weighted by molar-refractivity contribution is 0.414. The highest BCUT2D eigenvalue weighted by Gasteiger charge is 2.31. The van der Waals surface area contributed by atoms with Gasteiger partial charge in [0.1, 0.15) is 23.0 Å². The molecule has 2 aliphatic rings. The maximum absolute atomic E-state index is 15.1. The molecule has 0 saturated heterocycles. The van der Waals surface area contributed by atoms with E-state index in [0.717, 1.165) is 89.8 Å². The van der Waals surface area contributed by atoms with Gasteiger partial charge in [-0.05, 0) is 109 Å². The normalized spacial score (nSPS) is 11.6. The Kier molecular flexibility index (Phi) is 8.16. The van der Waals surface area contributed by atoms with Crippen LogP contribution >= 0.6 is 0 Å². The van der Waals surface area contributed by atoms with Gasteiger partial charge in [0.15, 0.2) is 10.9 Å². The maximum atomic E-state index is 15.1. The van der Waals surface area contributed by atoms with Crippen molar-refractivity contribution in [3.05, 3.63) is 166 Å². The minimum Gasteiger partial charge on any atom is -0.497 e. The lowest BCUT2D eigenvalue weighted by Gasteiger charge is -2.31. The molecule has 0 fully saturated rings. The smallest absolute Gasteiger partial charge is 0.194 e. The van der Waals surface area contributed by atoms with Crippen LogP contribution in [0.5, 0.6) is 23.0 Å². The second kappa shape index (κ2) is 13.6. The molecular weight excluding hydrogens is 725 g/mol. The quantitative estimate of drug-likeness (QED) is 0.101. The summed E-state index contributed by atoms with van der Waals surface area (Å²) in [7, 11) is 6.56. The number of hydrogen-bond acceptors (Lipinski definition) is 8. The molecule has 0 radical (unpaired) electrons. The molecule has 2 aliphatic carbocycles. The van der Waals surface area contributed by atoms with Gasteiger partial charge in [-0.1, -0.05) is 36.4 Å². The molecule has 8 nitrogen and oxygen atoms in total. The van der Waals surface area contributed by atoms with Gasteiger partial charge >= 0.3 is 0 Å². The molecule has 0 atom stereocenters. The molecule has 10 rings (SSSR count). The fourth-order valence-electron chi connectivity index (χ4n) is 8.61. The largest absolute Gasteiger partial charge is 0.497 e. The van der Waals surface area contributed by atoms with E-state index in [2.05, 4.69) is 9.80 Å². The van der Waals surface area contributed by atoms with Crippen LogP contribution in [0.4, 0.5) is 34.1 Å². The number of anilines is 6. The first-order valence-electron chi connectivity index (χ1n) is 18.9. The Labute approximate surface area is 333 Å². The van der Waals surface area contributed by atoms with Crippen molar-refractivity contribution in [1.82, 2.24) is 0 Å². The van der Waals surface area contributed by atoms with E-state index in [1.54, 1.807) is 28.4 Å². The van der Waals surface area contributed by atoms with Crippen LogP contribution in [0.25, 0.3) is 54.2 Å². The standard InChI is InChI=1S/C50H36N2O6/c1-55-33-19-11-29(12-20-33)51(30-13-21-34(56-2)22-14-30)43-27-41-47-45-37(43)7-5-9-39(45)50(54)42-28-44(38-8-6-10-40(49(41)53)46(38)48(42)47)52(31-15-23-35(57-3)24-16-31)32-17-25-36(58-4)26-18-32/h5-28H,1-4H3. The van der Waals surface area contributed by atoms with E-state index in [9.17, 15) is 0 Å². The van der Waals surface area contributed by atoms with Gasteiger partial charge in [0.05, 0.1) is 39.8 Å². The number of hydrogen-bond donors (Lipinski definition) is 0. The fourth-order valence-corrected chi connectivity index (χ4v) is 8.61. The van der Waals surface area contributed by atoms with Gasteiger partial charge in [0.2, 0.25) is 0 Å². The Morgan fingerprint density at radius 1 is 0.345 bits per heavy atom. The van der Waals surface area contributed by atoms with Crippen molar-refractivity contribution in [1.29, 1.82) is 0 Å². The first-order valence-corrected chi connectivity index (χ1v) is 18.9. The summed E-state index contributed by atoms with van der Waals surface area (Å²) >= 11 is 0. The molecule has 0 unspecified atom stereocenters. The predicted molar refractivity (Wildman–Crippen MR) is 235 cm³/mol. The highest BCUT2D eigenvalue weighted by Crippen LogP contribution is 2.52. The number of nitrogens with zero attached hydrogens (tertiary/aromatic N) is 2. The van der Waals surface area contributed by atoms with Gasteiger partial charge in [-0.2, -0.15) is 0 Å². The monoisotopic (exact) mass is 760 g/mol. The van der Waals surface area contributed by atoms with Crippen LogP contribution in [0.1, 0.15) is 0 Å². The predicted octanol–water partition coefficient (Wildman–Crippen LogP) is 11.4. The molecule has 0 saturated carbocycles. The Hall–Kier alpha value is -7.58. The van der Waals surface area contributed by atoms with Crippen LogP contribution in [0.3, 0.4) is 0 Å². The third kappa shape index (κ3) is 5.22. The molecule has 58 heavy (non-hydrogen) atoms. The average Bonchev–Trinajstić information content (AvgIpc) is 3.28. The molecule has 0 heterocycles. The second-order valence-corrected chi connectivity index (χ2v) is 14.2. The first kappa shape index (κ1) is 34.9. The fraction of sp³-hybridized carbons (Fsp3) is 0.0800. The molecule has 0 aromatic heterocycles. The van der Waals surface area contributed by atoms with E-state index in [1.807, 2.05) is 146 Å². The summed E-state index contributed by atoms with van der Waals surface area (Å²) in [6.45, 7) is 0. The molecular formula is C50H36N2O6. The molecule has 0 spiro atoms. The van der Waals surface area contributed by atoms with E-state index < -0.39 is 0 Å². The highest BCUT2D eigenvalue weighted by atomic mass is 16.5. The van der Waals surface area contributed by atoms with Crippen molar-refractivity contribution in [2.45, 2.75) is 0 Å². The summed E-state index contributed by atoms with van der Waals surface area (Å²) in [5, 5.41) is 5.41. The molecule has 0 bridgehead atoms. The second-order valence-electron chi connectivity index (χ2n) is 14.2. The van der Waals surface area contributed by atoms with E-state index in [0.29, 0.717) is 21.5 Å². The van der Waals surface area contributed by atoms with Crippen molar-refractivity contribution in [2.24, 2.45) is 0 Å². The molecule has 8 aromatic rings. The minimum absolute atomic E-state index is 0.103. The summed E-state index contributed by atoms with van der Waals surface area (Å²) in [6.07, 6.45) is 0. The van der Waals surface area contributed by atoms with E-state index in [4.69, 9.17) is 18.9 Å². The highest BCUT2D eigenvalue weighted by molar-refractivity contribution is 6.31. The molecule has 0 amide bonds. The van der Waals surface area contributed by atoms with Gasteiger partial charge in [-0.15, -0.1) is 0 Å². The Morgan fingerprint density at radius 2 is 0.621 bits per heavy atom. The summed E-state index contributed by atoms with van der Waals surface area (Å²) in [5.74, 6) is 2.89. The van der Waals surface area contributed by atoms with Gasteiger partial charge < -0.3 is 28.7 Å². The Bertz CT molecular complexity index is 2870. The number of ether oxygens (including phenoxy) is 4. The van der Waals surface area contributed by atoms with Crippen LogP contribution in [-0.4, -0.2) is 28.4 Å². The number of benzene rings is 10. The maximum Gasteiger partial charge on any atom is 0.194 e. The SMILES string of the molecule is COc1ccc(N(c2ccc(OC)cc2)c2cc3c4c5c2cccc5c(=O)c2cc(N(c5ccc(OC)cc5)c5ccc(OC)cc5)c5cccc(c3=O)c5c2-4)cc1. The van der Waals surface area contributed by atoms with Gasteiger partial charge in [0.25, 0.3) is 0 Å². The zero-order valence-electron chi connectivity index (χ0n) is 32.2. The van der Waals surface area contributed by atoms with Crippen molar-refractivity contribution in [2.75, 3.05) is 38.2 Å². The van der Waals surface area contributed by atoms with Crippen molar-refractivity contribution in [3.63, 3.8) is 0 Å². The summed E-state index contributed by atoms with van der Waals surface area (Å²) in [6, 6.07) is 46.9. The Morgan fingerprint density at radius 3 is 0.897 bits per heavy atom. The lowest BCUT2D eigenvalue weighted by atomic mass is 9.80. The first-order chi connectivity index (χ1) is 28.4. The third-order valence-electron chi connectivity index (χ3n) is 11.3. The van der Waals surface area contributed by atoms with E-state index in [-0.39, 0.29) is 10.9 Å². The summed E-state index contributed by atoms with van der Waals surface area (Å²) in [5.41, 5.74) is 6.33. The van der Waals surface area contributed by atoms with Crippen LogP contribution in [0, 0.1) is 0 Å². The average molecular weight is 761 g/mol. The van der Waals surface area contributed by atoms with Crippen LogP contribution in [0.15, 0.2) is 155 Å². The minimum atomic E-state index is -0.103. The van der Waals surface area contributed by atoms with Crippen molar-refractivity contribution in [3.8, 4) is 34.1 Å². The molecule has 282 valence electrons. The number of rotatable bonds is 10. The van der Waals surface area contributed by atoms with E-state index >= 15 is 9.59 Å². The molecule has 8 aromatic carbocycles. The van der Waals surface area contributed by atoms with Crippen LogP contribution < -0.4 is 39.6 Å². The van der Waals surface area contributed by atoms with Crippen molar-refractivity contribution < 1.29 is 18.9 Å². The van der Waals surface area contributed by atoms with Crippen molar-refractivity contribution >= 4 is 77.2 Å². The van der Waals surface area contributed by atoms with Gasteiger partial charge in [-0.3, -0.25) is 9.59 Å². The molecule has 0 N–H and O–H groups in total. The van der Waals surface area contributed by atoms with Crippen LogP contribution in [-0.2, 0) is 0 Å². The lowest BCUT2D eigenvalue weighted by Crippen LogP contribution is -2.17. The summed E-state index contributed by atoms with van der Waals surface area (Å²) < 4.78 is 22.0.